The van der Waals surface area contributed by atoms with Crippen molar-refractivity contribution in [3.63, 3.8) is 0 Å². The molecule has 1 aromatic heterocycles. The lowest BCUT2D eigenvalue weighted by Crippen LogP contribution is -2.47. The molecule has 0 unspecified atom stereocenters. The van der Waals surface area contributed by atoms with Gasteiger partial charge in [-0.3, -0.25) is 0 Å². The Labute approximate surface area is 247 Å². The second-order valence-electron chi connectivity index (χ2n) is 15.9. The van der Waals surface area contributed by atoms with E-state index < -0.39 is 11.7 Å². The van der Waals surface area contributed by atoms with E-state index >= 15 is 0 Å². The lowest BCUT2D eigenvalue weighted by Gasteiger charge is -2.53. The Morgan fingerprint density at radius 1 is 0.902 bits per heavy atom. The van der Waals surface area contributed by atoms with Gasteiger partial charge < -0.3 is 24.3 Å². The Morgan fingerprint density at radius 3 is 1.90 bits per heavy atom. The molecule has 1 aliphatic heterocycles. The molecule has 41 heavy (non-hydrogen) atoms. The van der Waals surface area contributed by atoms with Gasteiger partial charge in [0.2, 0.25) is 0 Å². The average Bonchev–Trinajstić information content (AvgIpc) is 3.44. The monoisotopic (exact) mass is 563 g/mol. The molecule has 3 aliphatic carbocycles. The molecule has 8 heteroatoms. The highest BCUT2D eigenvalue weighted by Crippen LogP contribution is 2.58. The maximum absolute atomic E-state index is 12.7. The second kappa shape index (κ2) is 9.87. The van der Waals surface area contributed by atoms with Crippen LogP contribution in [0, 0.1) is 5.41 Å². The van der Waals surface area contributed by atoms with Crippen molar-refractivity contribution in [2.24, 2.45) is 5.41 Å². The van der Waals surface area contributed by atoms with Crippen molar-refractivity contribution in [2.45, 2.75) is 141 Å². The van der Waals surface area contributed by atoms with Crippen LogP contribution >= 0.6 is 0 Å². The molecule has 2 aromatic rings. The minimum Gasteiger partial charge on any atom is -0.444 e. The Hall–Kier alpha value is -2.32. The zero-order valence-electron chi connectivity index (χ0n) is 26.9. The number of hydrogen-bond donors (Lipinski definition) is 2. The SMILES string of the molecule is CC(C)(C)OC(=O)N[C@H](c1ncc(C23CCC(c4ccc(B5OC(C)(C)C(C)(C)O5)cc4)(CC2)CC3)[nH]1)C(C)(C)C. The van der Waals surface area contributed by atoms with Gasteiger partial charge in [0.05, 0.1) is 17.2 Å². The fraction of sp³-hybridized carbons (Fsp3) is 0.697. The molecule has 4 aliphatic rings. The molecule has 2 bridgehead atoms. The summed E-state index contributed by atoms with van der Waals surface area (Å²) in [4.78, 5) is 21.1. The van der Waals surface area contributed by atoms with Gasteiger partial charge in [0.15, 0.2) is 0 Å². The van der Waals surface area contributed by atoms with Gasteiger partial charge in [-0.15, -0.1) is 0 Å². The number of amides is 1. The lowest BCUT2D eigenvalue weighted by atomic mass is 9.51. The van der Waals surface area contributed by atoms with Gasteiger partial charge in [0.1, 0.15) is 11.4 Å². The number of H-pyrrole nitrogens is 1. The van der Waals surface area contributed by atoms with Crippen molar-refractivity contribution < 1.29 is 18.8 Å². The van der Waals surface area contributed by atoms with E-state index in [-0.39, 0.29) is 40.6 Å². The summed E-state index contributed by atoms with van der Waals surface area (Å²) in [7, 11) is -0.326. The average molecular weight is 564 g/mol. The number of aromatic amines is 1. The molecule has 224 valence electrons. The summed E-state index contributed by atoms with van der Waals surface area (Å²) in [5, 5.41) is 3.07. The number of rotatable bonds is 5. The molecule has 0 spiro atoms. The van der Waals surface area contributed by atoms with Crippen LogP contribution in [-0.4, -0.2) is 40.0 Å². The summed E-state index contributed by atoms with van der Waals surface area (Å²) in [5.74, 6) is 0.799. The van der Waals surface area contributed by atoms with Crippen molar-refractivity contribution in [3.05, 3.63) is 47.5 Å². The minimum atomic E-state index is -0.553. The summed E-state index contributed by atoms with van der Waals surface area (Å²) < 4.78 is 18.1. The number of carbonyl (C=O) groups excluding carboxylic acids is 1. The molecular weight excluding hydrogens is 513 g/mol. The first kappa shape index (κ1) is 30.2. The molecule has 7 nitrogen and oxygen atoms in total. The van der Waals surface area contributed by atoms with Crippen LogP contribution in [0.25, 0.3) is 0 Å². The van der Waals surface area contributed by atoms with Gasteiger partial charge in [0, 0.05) is 17.3 Å². The van der Waals surface area contributed by atoms with E-state index in [0.717, 1.165) is 49.8 Å². The number of benzene rings is 1. The number of nitrogens with zero attached hydrogens (tertiary/aromatic N) is 1. The molecule has 0 radical (unpaired) electrons. The zero-order chi connectivity index (χ0) is 30.1. The molecule has 1 atom stereocenters. The molecule has 2 heterocycles. The van der Waals surface area contributed by atoms with E-state index in [1.165, 1.54) is 11.3 Å². The van der Waals surface area contributed by atoms with Crippen LogP contribution in [0.4, 0.5) is 4.79 Å². The van der Waals surface area contributed by atoms with Gasteiger partial charge >= 0.3 is 13.2 Å². The van der Waals surface area contributed by atoms with Crippen molar-refractivity contribution in [3.8, 4) is 0 Å². The third-order valence-corrected chi connectivity index (χ3v) is 10.3. The first-order valence-electron chi connectivity index (χ1n) is 15.4. The van der Waals surface area contributed by atoms with Crippen LogP contribution < -0.4 is 10.8 Å². The number of imidazole rings is 1. The van der Waals surface area contributed by atoms with Crippen LogP contribution in [-0.2, 0) is 24.9 Å². The van der Waals surface area contributed by atoms with Crippen molar-refractivity contribution in [1.82, 2.24) is 15.3 Å². The first-order chi connectivity index (χ1) is 18.8. The second-order valence-corrected chi connectivity index (χ2v) is 15.9. The van der Waals surface area contributed by atoms with Crippen LogP contribution in [0.1, 0.15) is 131 Å². The largest absolute Gasteiger partial charge is 0.494 e. The van der Waals surface area contributed by atoms with E-state index in [0.29, 0.717) is 0 Å². The number of ether oxygens (including phenoxy) is 1. The normalized spacial score (nSPS) is 28.0. The molecule has 3 saturated carbocycles. The fourth-order valence-electron chi connectivity index (χ4n) is 6.87. The Kier molecular flexibility index (Phi) is 7.26. The molecule has 4 fully saturated rings. The van der Waals surface area contributed by atoms with E-state index in [9.17, 15) is 4.79 Å². The maximum atomic E-state index is 12.7. The van der Waals surface area contributed by atoms with Crippen molar-refractivity contribution in [2.75, 3.05) is 0 Å². The van der Waals surface area contributed by atoms with Crippen LogP contribution in [0.5, 0.6) is 0 Å². The number of nitrogens with one attached hydrogen (secondary N) is 2. The first-order valence-corrected chi connectivity index (χ1v) is 15.4. The van der Waals surface area contributed by atoms with E-state index in [1.54, 1.807) is 0 Å². The van der Waals surface area contributed by atoms with Crippen molar-refractivity contribution in [1.29, 1.82) is 0 Å². The highest BCUT2D eigenvalue weighted by molar-refractivity contribution is 6.62. The smallest absolute Gasteiger partial charge is 0.444 e. The summed E-state index contributed by atoms with van der Waals surface area (Å²) >= 11 is 0. The minimum absolute atomic E-state index is 0.115. The Balaban J connectivity index is 1.28. The maximum Gasteiger partial charge on any atom is 0.494 e. The number of fused-ring (bicyclic) bond motifs is 3. The van der Waals surface area contributed by atoms with Gasteiger partial charge in [-0.2, -0.15) is 0 Å². The molecular formula is C33H50BN3O4. The summed E-state index contributed by atoms with van der Waals surface area (Å²) in [6, 6.07) is 8.74. The molecule has 2 N–H and O–H groups in total. The van der Waals surface area contributed by atoms with Gasteiger partial charge in [-0.1, -0.05) is 45.0 Å². The van der Waals surface area contributed by atoms with Crippen LogP contribution in [0.3, 0.4) is 0 Å². The Morgan fingerprint density at radius 2 is 1.41 bits per heavy atom. The number of carbonyl (C=O) groups is 1. The van der Waals surface area contributed by atoms with Gasteiger partial charge in [0.25, 0.3) is 0 Å². The highest BCUT2D eigenvalue weighted by atomic mass is 16.7. The number of aromatic nitrogens is 2. The summed E-state index contributed by atoms with van der Waals surface area (Å²) in [6.45, 7) is 20.4. The zero-order valence-corrected chi connectivity index (χ0v) is 26.9. The van der Waals surface area contributed by atoms with Gasteiger partial charge in [-0.05, 0) is 109 Å². The van der Waals surface area contributed by atoms with Gasteiger partial charge in [-0.25, -0.2) is 9.78 Å². The predicted octanol–water partition coefficient (Wildman–Crippen LogP) is 6.86. The molecule has 6 rings (SSSR count). The number of hydrogen-bond acceptors (Lipinski definition) is 5. The third kappa shape index (κ3) is 5.71. The fourth-order valence-corrected chi connectivity index (χ4v) is 6.87. The summed E-state index contributed by atoms with van der Waals surface area (Å²) in [6.07, 6.45) is 8.48. The summed E-state index contributed by atoms with van der Waals surface area (Å²) in [5.41, 5.74) is 2.61. The quantitative estimate of drug-likeness (QED) is 0.388. The van der Waals surface area contributed by atoms with E-state index in [4.69, 9.17) is 19.0 Å². The molecule has 1 amide bonds. The molecule has 1 saturated heterocycles. The topological polar surface area (TPSA) is 85.5 Å². The standard InChI is InChI=1S/C33H50BN3O4/c1-28(2,3)25(37-27(38)39-29(4,5)6)26-35-21-24(36-26)33-18-15-32(16-19-33,17-20-33)22-11-13-23(14-12-22)34-40-30(7,8)31(9,10)41-34/h11-14,21,25H,15-20H2,1-10H3,(H,35,36)(H,37,38)/t25-,32?,33?/m1/s1. The van der Waals surface area contributed by atoms with E-state index in [2.05, 4.69) is 83.0 Å². The predicted molar refractivity (Wildman–Crippen MR) is 163 cm³/mol. The van der Waals surface area contributed by atoms with E-state index in [1.807, 2.05) is 27.0 Å². The van der Waals surface area contributed by atoms with Crippen LogP contribution in [0.2, 0.25) is 0 Å². The third-order valence-electron chi connectivity index (χ3n) is 10.3. The van der Waals surface area contributed by atoms with Crippen LogP contribution in [0.15, 0.2) is 30.5 Å². The highest BCUT2D eigenvalue weighted by Gasteiger charge is 2.53. The number of alkyl carbamates (subject to hydrolysis) is 1. The Bertz CT molecular complexity index is 1230. The lowest BCUT2D eigenvalue weighted by molar-refractivity contribution is 0.00578. The molecule has 1 aromatic carbocycles. The van der Waals surface area contributed by atoms with Crippen molar-refractivity contribution >= 4 is 18.7 Å².